The van der Waals surface area contributed by atoms with E-state index in [4.69, 9.17) is 0 Å². The predicted molar refractivity (Wildman–Crippen MR) is 85.2 cm³/mol. The third-order valence-electron chi connectivity index (χ3n) is 3.75. The van der Waals surface area contributed by atoms with Crippen molar-refractivity contribution in [2.45, 2.75) is 19.9 Å². The van der Waals surface area contributed by atoms with Crippen molar-refractivity contribution < 1.29 is 9.18 Å². The van der Waals surface area contributed by atoms with Gasteiger partial charge in [0.05, 0.1) is 11.4 Å². The van der Waals surface area contributed by atoms with Crippen LogP contribution in [-0.4, -0.2) is 23.6 Å². The average molecular weight is 321 g/mol. The summed E-state index contributed by atoms with van der Waals surface area (Å²) in [6, 6.07) is 4.37. The second-order valence-corrected chi connectivity index (χ2v) is 6.06. The minimum Gasteiger partial charge on any atom is -0.368 e. The third kappa shape index (κ3) is 2.89. The van der Waals surface area contributed by atoms with Gasteiger partial charge in [0.25, 0.3) is 0 Å². The molecule has 0 fully saturated rings. The molecular weight excluding hydrogens is 305 g/mol. The summed E-state index contributed by atoms with van der Waals surface area (Å²) in [5.74, 6) is -0.510. The molecule has 0 aliphatic carbocycles. The Hall–Kier alpha value is -2.15. The normalized spacial score (nSPS) is 14.5. The van der Waals surface area contributed by atoms with E-state index in [1.807, 2.05) is 17.2 Å². The molecule has 2 aromatic rings. The van der Waals surface area contributed by atoms with Crippen LogP contribution in [0.3, 0.4) is 0 Å². The van der Waals surface area contributed by atoms with Crippen LogP contribution in [0.1, 0.15) is 12.1 Å². The zero-order valence-electron chi connectivity index (χ0n) is 12.1. The quantitative estimate of drug-likeness (QED) is 0.943. The second kappa shape index (κ2) is 5.92. The van der Waals surface area contributed by atoms with Crippen molar-refractivity contribution in [2.75, 3.05) is 23.3 Å². The molecule has 0 unspecified atom stereocenters. The molecule has 1 aromatic heterocycles. The van der Waals surface area contributed by atoms with Crippen LogP contribution in [-0.2, 0) is 11.3 Å². The predicted octanol–water partition coefficient (Wildman–Crippen LogP) is 2.21. The van der Waals surface area contributed by atoms with Crippen LogP contribution in [0.25, 0.3) is 0 Å². The Balaban J connectivity index is 1.85. The number of hydrogen-bond donors (Lipinski definition) is 1. The lowest BCUT2D eigenvalue weighted by Crippen LogP contribution is -2.30. The Labute approximate surface area is 131 Å². The molecule has 1 N–H and O–H groups in total. The van der Waals surface area contributed by atoms with Crippen molar-refractivity contribution in [2.24, 2.45) is 0 Å². The van der Waals surface area contributed by atoms with Gasteiger partial charge in [-0.05, 0) is 25.1 Å². The van der Waals surface area contributed by atoms with E-state index in [2.05, 4.69) is 5.32 Å². The van der Waals surface area contributed by atoms with Crippen molar-refractivity contribution in [3.8, 4) is 0 Å². The minimum absolute atomic E-state index is 0.0147. The zero-order chi connectivity index (χ0) is 15.7. The molecular formula is C15H16FN3O2S. The summed E-state index contributed by atoms with van der Waals surface area (Å²) in [6.07, 6.45) is 0.341. The van der Waals surface area contributed by atoms with Crippen LogP contribution in [0.4, 0.5) is 15.8 Å². The Kier molecular flexibility index (Phi) is 3.98. The van der Waals surface area contributed by atoms with Crippen LogP contribution in [0.5, 0.6) is 0 Å². The van der Waals surface area contributed by atoms with E-state index >= 15 is 0 Å². The van der Waals surface area contributed by atoms with Crippen molar-refractivity contribution in [1.29, 1.82) is 0 Å². The number of halogens is 1. The molecule has 0 atom stereocenters. The van der Waals surface area contributed by atoms with Crippen molar-refractivity contribution >= 4 is 28.6 Å². The van der Waals surface area contributed by atoms with Gasteiger partial charge in [0, 0.05) is 37.1 Å². The number of rotatable bonds is 3. The van der Waals surface area contributed by atoms with E-state index in [9.17, 15) is 14.0 Å². The lowest BCUT2D eigenvalue weighted by molar-refractivity contribution is -0.115. The summed E-state index contributed by atoms with van der Waals surface area (Å²) in [6.45, 7) is 3.57. The Bertz CT molecular complexity index is 768. The number of nitrogens with one attached hydrogen (secondary N) is 1. The SMILES string of the molecule is Cc1csc(=O)n1CCN1CCC(=O)Nc2cc(F)ccc21. The fourth-order valence-corrected chi connectivity index (χ4v) is 3.34. The average Bonchev–Trinajstić information content (AvgIpc) is 2.70. The van der Waals surface area contributed by atoms with Gasteiger partial charge in [0.1, 0.15) is 5.82 Å². The maximum absolute atomic E-state index is 13.4. The van der Waals surface area contributed by atoms with E-state index in [-0.39, 0.29) is 16.6 Å². The molecule has 0 radical (unpaired) electrons. The van der Waals surface area contributed by atoms with Gasteiger partial charge in [-0.3, -0.25) is 9.59 Å². The van der Waals surface area contributed by atoms with E-state index < -0.39 is 0 Å². The van der Waals surface area contributed by atoms with Crippen molar-refractivity contribution in [3.63, 3.8) is 0 Å². The maximum atomic E-state index is 13.4. The number of aryl methyl sites for hydroxylation is 1. The number of benzene rings is 1. The maximum Gasteiger partial charge on any atom is 0.307 e. The summed E-state index contributed by atoms with van der Waals surface area (Å²) in [4.78, 5) is 25.5. The molecule has 0 bridgehead atoms. The topological polar surface area (TPSA) is 54.3 Å². The van der Waals surface area contributed by atoms with Crippen LogP contribution >= 0.6 is 11.3 Å². The highest BCUT2D eigenvalue weighted by Crippen LogP contribution is 2.29. The van der Waals surface area contributed by atoms with E-state index in [1.165, 1.54) is 23.5 Å². The molecule has 2 heterocycles. The van der Waals surface area contributed by atoms with Gasteiger partial charge in [0.15, 0.2) is 0 Å². The first kappa shape index (κ1) is 14.8. The molecule has 0 saturated heterocycles. The van der Waals surface area contributed by atoms with Gasteiger partial charge in [-0.15, -0.1) is 0 Å². The molecule has 3 rings (SSSR count). The molecule has 22 heavy (non-hydrogen) atoms. The van der Waals surface area contributed by atoms with Gasteiger partial charge in [0.2, 0.25) is 5.91 Å². The smallest absolute Gasteiger partial charge is 0.307 e. The van der Waals surface area contributed by atoms with E-state index in [0.717, 1.165) is 11.4 Å². The molecule has 116 valence electrons. The van der Waals surface area contributed by atoms with Crippen LogP contribution in [0, 0.1) is 12.7 Å². The molecule has 1 aromatic carbocycles. The number of anilines is 2. The monoisotopic (exact) mass is 321 g/mol. The van der Waals surface area contributed by atoms with Crippen molar-refractivity contribution in [3.05, 3.63) is 44.8 Å². The lowest BCUT2D eigenvalue weighted by Gasteiger charge is -2.24. The molecule has 0 saturated carbocycles. The number of nitrogens with zero attached hydrogens (tertiary/aromatic N) is 2. The number of amides is 1. The standard InChI is InChI=1S/C15H16FN3O2S/c1-10-9-22-15(21)19(10)7-6-18-5-4-14(20)17-12-8-11(16)2-3-13(12)18/h2-3,8-9H,4-7H2,1H3,(H,17,20). The number of carbonyl (C=O) groups is 1. The summed E-state index contributed by atoms with van der Waals surface area (Å²) in [5, 5.41) is 4.55. The number of aromatic nitrogens is 1. The largest absolute Gasteiger partial charge is 0.368 e. The van der Waals surface area contributed by atoms with Crippen LogP contribution in [0.15, 0.2) is 28.4 Å². The highest BCUT2D eigenvalue weighted by molar-refractivity contribution is 7.07. The van der Waals surface area contributed by atoms with E-state index in [1.54, 1.807) is 10.6 Å². The molecule has 1 aliphatic rings. The second-order valence-electron chi connectivity index (χ2n) is 5.24. The molecule has 7 heteroatoms. The first-order valence-corrected chi connectivity index (χ1v) is 7.92. The molecule has 1 amide bonds. The van der Waals surface area contributed by atoms with Crippen molar-refractivity contribution in [1.82, 2.24) is 4.57 Å². The Morgan fingerprint density at radius 1 is 1.32 bits per heavy atom. The molecule has 0 spiro atoms. The summed E-state index contributed by atoms with van der Waals surface area (Å²) >= 11 is 1.18. The zero-order valence-corrected chi connectivity index (χ0v) is 13.0. The first-order valence-electron chi connectivity index (χ1n) is 7.04. The highest BCUT2D eigenvalue weighted by atomic mass is 32.1. The van der Waals surface area contributed by atoms with Gasteiger partial charge in [-0.2, -0.15) is 0 Å². The number of fused-ring (bicyclic) bond motifs is 1. The minimum atomic E-state index is -0.384. The highest BCUT2D eigenvalue weighted by Gasteiger charge is 2.19. The third-order valence-corrected chi connectivity index (χ3v) is 4.63. The van der Waals surface area contributed by atoms with Gasteiger partial charge in [-0.1, -0.05) is 11.3 Å². The summed E-state index contributed by atoms with van der Waals surface area (Å²) in [7, 11) is 0. The Morgan fingerprint density at radius 3 is 2.86 bits per heavy atom. The molecule has 5 nitrogen and oxygen atoms in total. The molecule has 1 aliphatic heterocycles. The van der Waals surface area contributed by atoms with Crippen LogP contribution in [0.2, 0.25) is 0 Å². The number of carbonyl (C=O) groups excluding carboxylic acids is 1. The van der Waals surface area contributed by atoms with Crippen LogP contribution < -0.4 is 15.1 Å². The van der Waals surface area contributed by atoms with Gasteiger partial charge < -0.3 is 14.8 Å². The first-order chi connectivity index (χ1) is 10.5. The van der Waals surface area contributed by atoms with E-state index in [0.29, 0.717) is 31.7 Å². The van der Waals surface area contributed by atoms with Gasteiger partial charge in [-0.25, -0.2) is 4.39 Å². The summed E-state index contributed by atoms with van der Waals surface area (Å²) < 4.78 is 15.1. The summed E-state index contributed by atoms with van der Waals surface area (Å²) in [5.41, 5.74) is 2.20. The fourth-order valence-electron chi connectivity index (χ4n) is 2.58. The lowest BCUT2D eigenvalue weighted by atomic mass is 10.2. The fraction of sp³-hybridized carbons (Fsp3) is 0.333. The Morgan fingerprint density at radius 2 is 2.14 bits per heavy atom. The van der Waals surface area contributed by atoms with Gasteiger partial charge >= 0.3 is 4.87 Å². The number of hydrogen-bond acceptors (Lipinski definition) is 4. The number of thiazole rings is 1.